The van der Waals surface area contributed by atoms with E-state index >= 15 is 0 Å². The van der Waals surface area contributed by atoms with Crippen molar-refractivity contribution in [3.05, 3.63) is 71.8 Å². The maximum absolute atomic E-state index is 13.2. The summed E-state index contributed by atoms with van der Waals surface area (Å²) >= 11 is 5.87. The van der Waals surface area contributed by atoms with Crippen molar-refractivity contribution in [2.45, 2.75) is 17.7 Å². The average molecular weight is 404 g/mol. The fourth-order valence-corrected chi connectivity index (χ4v) is 4.45. The van der Waals surface area contributed by atoms with Crippen LogP contribution in [0.3, 0.4) is 0 Å². The predicted octanol–water partition coefficient (Wildman–Crippen LogP) is 4.55. The number of hydrogen-bond donors (Lipinski definition) is 1. The lowest BCUT2D eigenvalue weighted by molar-refractivity contribution is -0.137. The summed E-state index contributed by atoms with van der Waals surface area (Å²) < 4.78 is 27.6. The molecule has 0 bridgehead atoms. The van der Waals surface area contributed by atoms with Gasteiger partial charge < -0.3 is 5.11 Å². The Balaban J connectivity index is 2.03. The number of nitrogens with zero attached hydrogens (tertiary/aromatic N) is 1. The number of sulfonamides is 1. The number of carboxylic acids is 1. The van der Waals surface area contributed by atoms with Gasteiger partial charge in [-0.15, -0.1) is 0 Å². The smallest absolute Gasteiger partial charge is 0.303 e. The van der Waals surface area contributed by atoms with E-state index in [0.29, 0.717) is 10.7 Å². The first kappa shape index (κ1) is 19.2. The van der Waals surface area contributed by atoms with E-state index in [9.17, 15) is 13.2 Å². The minimum absolute atomic E-state index is 0.0651. The van der Waals surface area contributed by atoms with Crippen LogP contribution < -0.4 is 4.31 Å². The molecule has 7 heteroatoms. The first-order valence-corrected chi connectivity index (χ1v) is 10.2. The molecule has 0 aliphatic rings. The summed E-state index contributed by atoms with van der Waals surface area (Å²) in [5.74, 6) is -0.961. The van der Waals surface area contributed by atoms with Gasteiger partial charge in [0.15, 0.2) is 0 Å². The molecular weight excluding hydrogens is 386 g/mol. The summed E-state index contributed by atoms with van der Waals surface area (Å²) in [4.78, 5) is 11.0. The molecule has 0 atom stereocenters. The number of halogens is 1. The molecule has 0 heterocycles. The maximum atomic E-state index is 13.2. The van der Waals surface area contributed by atoms with Gasteiger partial charge in [-0.1, -0.05) is 41.9 Å². The van der Waals surface area contributed by atoms with Gasteiger partial charge in [0.25, 0.3) is 10.0 Å². The molecule has 0 saturated carbocycles. The minimum Gasteiger partial charge on any atom is -0.481 e. The minimum atomic E-state index is -3.86. The monoisotopic (exact) mass is 403 g/mol. The molecule has 0 unspecified atom stereocenters. The van der Waals surface area contributed by atoms with Gasteiger partial charge in [-0.25, -0.2) is 8.42 Å². The van der Waals surface area contributed by atoms with Crippen molar-refractivity contribution in [1.29, 1.82) is 0 Å². The second kappa shape index (κ2) is 7.98. The van der Waals surface area contributed by atoms with E-state index in [4.69, 9.17) is 16.7 Å². The van der Waals surface area contributed by atoms with Crippen LogP contribution in [0.15, 0.2) is 71.6 Å². The Hall–Kier alpha value is -2.57. The Bertz CT molecular complexity index is 1060. The standard InChI is InChI=1S/C20H18ClNO4S/c21-17-8-11-19(12-9-17)27(25,26)22(13-3-6-20(23)24)18-10-7-15-4-1-2-5-16(15)14-18/h1-2,4-5,7-12,14H,3,6,13H2,(H,23,24). The lowest BCUT2D eigenvalue weighted by Crippen LogP contribution is -2.32. The lowest BCUT2D eigenvalue weighted by Gasteiger charge is -2.25. The molecule has 3 aromatic rings. The Labute approximate surface area is 162 Å². The second-order valence-electron chi connectivity index (χ2n) is 6.06. The van der Waals surface area contributed by atoms with Gasteiger partial charge >= 0.3 is 5.97 Å². The number of benzene rings is 3. The molecule has 0 fully saturated rings. The Morgan fingerprint density at radius 3 is 2.30 bits per heavy atom. The van der Waals surface area contributed by atoms with E-state index in [1.165, 1.54) is 28.6 Å². The fraction of sp³-hybridized carbons (Fsp3) is 0.150. The third kappa shape index (κ3) is 4.40. The zero-order chi connectivity index (χ0) is 19.4. The molecular formula is C20H18ClNO4S. The number of anilines is 1. The van der Waals surface area contributed by atoms with E-state index in [1.54, 1.807) is 12.1 Å². The normalized spacial score (nSPS) is 11.4. The third-order valence-electron chi connectivity index (χ3n) is 4.17. The van der Waals surface area contributed by atoms with Crippen LogP contribution in [-0.4, -0.2) is 26.0 Å². The number of carboxylic acid groups (broad SMARTS) is 1. The molecule has 0 amide bonds. The molecule has 0 saturated heterocycles. The molecule has 0 radical (unpaired) electrons. The highest BCUT2D eigenvalue weighted by Crippen LogP contribution is 2.28. The van der Waals surface area contributed by atoms with Gasteiger partial charge in [0.2, 0.25) is 0 Å². The molecule has 3 rings (SSSR count). The average Bonchev–Trinajstić information content (AvgIpc) is 2.65. The second-order valence-corrected chi connectivity index (χ2v) is 8.36. The summed E-state index contributed by atoms with van der Waals surface area (Å²) in [7, 11) is -3.86. The van der Waals surface area contributed by atoms with Crippen molar-refractivity contribution < 1.29 is 18.3 Å². The van der Waals surface area contributed by atoms with Gasteiger partial charge in [-0.3, -0.25) is 9.10 Å². The summed E-state index contributed by atoms with van der Waals surface area (Å²) in [5, 5.41) is 11.3. The quantitative estimate of drug-likeness (QED) is 0.627. The van der Waals surface area contributed by atoms with Gasteiger partial charge in [0.05, 0.1) is 10.6 Å². The van der Waals surface area contributed by atoms with E-state index in [1.807, 2.05) is 30.3 Å². The highest BCUT2D eigenvalue weighted by molar-refractivity contribution is 7.92. The maximum Gasteiger partial charge on any atom is 0.303 e. The lowest BCUT2D eigenvalue weighted by atomic mass is 10.1. The molecule has 0 aromatic heterocycles. The highest BCUT2D eigenvalue weighted by Gasteiger charge is 2.25. The first-order chi connectivity index (χ1) is 12.9. The highest BCUT2D eigenvalue weighted by atomic mass is 35.5. The van der Waals surface area contributed by atoms with Crippen LogP contribution in [0.2, 0.25) is 5.02 Å². The number of fused-ring (bicyclic) bond motifs is 1. The number of hydrogen-bond acceptors (Lipinski definition) is 3. The van der Waals surface area contributed by atoms with Crippen LogP contribution in [0, 0.1) is 0 Å². The predicted molar refractivity (Wildman–Crippen MR) is 107 cm³/mol. The van der Waals surface area contributed by atoms with Crippen LogP contribution in [0.4, 0.5) is 5.69 Å². The van der Waals surface area contributed by atoms with Gasteiger partial charge in [0, 0.05) is 18.0 Å². The Kier molecular flexibility index (Phi) is 5.68. The SMILES string of the molecule is O=C(O)CCCN(c1ccc2ccccc2c1)S(=O)(=O)c1ccc(Cl)cc1. The molecule has 27 heavy (non-hydrogen) atoms. The van der Waals surface area contributed by atoms with Gasteiger partial charge in [-0.2, -0.15) is 0 Å². The van der Waals surface area contributed by atoms with Gasteiger partial charge in [-0.05, 0) is 53.6 Å². The van der Waals surface area contributed by atoms with Crippen LogP contribution in [-0.2, 0) is 14.8 Å². The first-order valence-electron chi connectivity index (χ1n) is 8.37. The van der Waals surface area contributed by atoms with Crippen molar-refractivity contribution in [1.82, 2.24) is 0 Å². The molecule has 0 aliphatic heterocycles. The van der Waals surface area contributed by atoms with E-state index in [0.717, 1.165) is 10.8 Å². The van der Waals surface area contributed by atoms with Crippen LogP contribution in [0.1, 0.15) is 12.8 Å². The summed E-state index contributed by atoms with van der Waals surface area (Å²) in [6.45, 7) is 0.0651. The summed E-state index contributed by atoms with van der Waals surface area (Å²) in [6.07, 6.45) is 0.0925. The van der Waals surface area contributed by atoms with E-state index in [2.05, 4.69) is 0 Å². The summed E-state index contributed by atoms with van der Waals surface area (Å²) in [6, 6.07) is 19.0. The number of rotatable bonds is 7. The van der Waals surface area contributed by atoms with Crippen molar-refractivity contribution in [2.24, 2.45) is 0 Å². The third-order valence-corrected chi connectivity index (χ3v) is 6.27. The van der Waals surface area contributed by atoms with Crippen molar-refractivity contribution >= 4 is 44.1 Å². The molecule has 3 aromatic carbocycles. The van der Waals surface area contributed by atoms with E-state index in [-0.39, 0.29) is 24.3 Å². The van der Waals surface area contributed by atoms with Crippen molar-refractivity contribution in [3.63, 3.8) is 0 Å². The number of aliphatic carboxylic acids is 1. The molecule has 0 spiro atoms. The van der Waals surface area contributed by atoms with E-state index < -0.39 is 16.0 Å². The molecule has 1 N–H and O–H groups in total. The summed E-state index contributed by atoms with van der Waals surface area (Å²) in [5.41, 5.74) is 0.494. The van der Waals surface area contributed by atoms with Crippen LogP contribution in [0.5, 0.6) is 0 Å². The topological polar surface area (TPSA) is 74.7 Å². The van der Waals surface area contributed by atoms with Crippen molar-refractivity contribution in [3.8, 4) is 0 Å². The fourth-order valence-electron chi connectivity index (χ4n) is 2.83. The molecule has 5 nitrogen and oxygen atoms in total. The largest absolute Gasteiger partial charge is 0.481 e. The van der Waals surface area contributed by atoms with Gasteiger partial charge in [0.1, 0.15) is 0 Å². The zero-order valence-corrected chi connectivity index (χ0v) is 15.9. The van der Waals surface area contributed by atoms with Crippen LogP contribution in [0.25, 0.3) is 10.8 Å². The number of carbonyl (C=O) groups is 1. The van der Waals surface area contributed by atoms with Crippen LogP contribution >= 0.6 is 11.6 Å². The Morgan fingerprint density at radius 2 is 1.63 bits per heavy atom. The Morgan fingerprint density at radius 1 is 0.963 bits per heavy atom. The molecule has 140 valence electrons. The molecule has 0 aliphatic carbocycles. The van der Waals surface area contributed by atoms with Crippen molar-refractivity contribution in [2.75, 3.05) is 10.8 Å². The zero-order valence-electron chi connectivity index (χ0n) is 14.4.